The van der Waals surface area contributed by atoms with Crippen molar-refractivity contribution in [1.82, 2.24) is 5.32 Å². The van der Waals surface area contributed by atoms with E-state index in [1.165, 1.54) is 6.07 Å². The first kappa shape index (κ1) is 13.9. The summed E-state index contributed by atoms with van der Waals surface area (Å²) < 4.78 is 14.3. The Morgan fingerprint density at radius 1 is 1.41 bits per heavy atom. The van der Waals surface area contributed by atoms with Crippen LogP contribution in [-0.2, 0) is 0 Å². The van der Waals surface area contributed by atoms with Gasteiger partial charge in [0.05, 0.1) is 6.61 Å². The van der Waals surface area contributed by atoms with Gasteiger partial charge in [-0.15, -0.1) is 0 Å². The summed E-state index contributed by atoms with van der Waals surface area (Å²) in [6, 6.07) is 4.95. The second-order valence-corrected chi connectivity index (χ2v) is 4.68. The molecular weight excluding hydrogens is 285 g/mol. The van der Waals surface area contributed by atoms with Crippen LogP contribution in [0.3, 0.4) is 0 Å². The fraction of sp³-hybridized carbons (Fsp3) is 0.231. The number of hydrogen-bond acceptors (Lipinski definition) is 2. The van der Waals surface area contributed by atoms with E-state index in [-0.39, 0.29) is 12.4 Å². The van der Waals surface area contributed by atoms with Gasteiger partial charge in [-0.2, -0.15) is 0 Å². The summed E-state index contributed by atoms with van der Waals surface area (Å²) >= 11 is 3.21. The van der Waals surface area contributed by atoms with Gasteiger partial charge in [-0.3, -0.25) is 0 Å². The molecule has 0 radical (unpaired) electrons. The second-order valence-electron chi connectivity index (χ2n) is 3.77. The minimum Gasteiger partial charge on any atom is -0.392 e. The lowest BCUT2D eigenvalue weighted by Crippen LogP contribution is -1.99. The highest BCUT2D eigenvalue weighted by Crippen LogP contribution is 2.21. The summed E-state index contributed by atoms with van der Waals surface area (Å²) in [5, 5.41) is 11.7. The fourth-order valence-electron chi connectivity index (χ4n) is 1.24. The van der Waals surface area contributed by atoms with Crippen molar-refractivity contribution < 1.29 is 9.50 Å². The molecule has 0 bridgehead atoms. The molecule has 0 amide bonds. The standard InChI is InChI=1S/C13H15BrFNO/c1-9(8-17)6-16-7-10(2)12-4-3-11(14)5-13(12)15/h3-7,16-17H,8H2,1-2H3/b9-6+,10-7+. The topological polar surface area (TPSA) is 32.3 Å². The van der Waals surface area contributed by atoms with E-state index in [2.05, 4.69) is 21.2 Å². The van der Waals surface area contributed by atoms with Crippen LogP contribution in [0.25, 0.3) is 5.57 Å². The Hall–Kier alpha value is -1.13. The molecule has 1 aromatic rings. The molecule has 4 heteroatoms. The van der Waals surface area contributed by atoms with Gasteiger partial charge in [-0.25, -0.2) is 4.39 Å². The lowest BCUT2D eigenvalue weighted by Gasteiger charge is -2.04. The van der Waals surface area contributed by atoms with E-state index in [0.717, 1.165) is 15.6 Å². The Morgan fingerprint density at radius 3 is 2.71 bits per heavy atom. The molecule has 0 spiro atoms. The van der Waals surface area contributed by atoms with Crippen molar-refractivity contribution in [2.75, 3.05) is 6.61 Å². The molecule has 92 valence electrons. The van der Waals surface area contributed by atoms with Gasteiger partial charge in [0.25, 0.3) is 0 Å². The summed E-state index contributed by atoms with van der Waals surface area (Å²) in [6.45, 7) is 3.63. The van der Waals surface area contributed by atoms with Crippen LogP contribution >= 0.6 is 15.9 Å². The van der Waals surface area contributed by atoms with Crippen LogP contribution in [0.5, 0.6) is 0 Å². The van der Waals surface area contributed by atoms with Gasteiger partial charge in [-0.05, 0) is 37.1 Å². The minimum atomic E-state index is -0.266. The van der Waals surface area contributed by atoms with Crippen LogP contribution in [0, 0.1) is 5.82 Å². The third-order valence-electron chi connectivity index (χ3n) is 2.23. The summed E-state index contributed by atoms with van der Waals surface area (Å²) in [7, 11) is 0. The molecule has 17 heavy (non-hydrogen) atoms. The Kier molecular flexibility index (Phi) is 5.38. The van der Waals surface area contributed by atoms with Crippen molar-refractivity contribution in [3.63, 3.8) is 0 Å². The Balaban J connectivity index is 2.82. The van der Waals surface area contributed by atoms with Gasteiger partial charge in [0.1, 0.15) is 5.82 Å². The number of allylic oxidation sites excluding steroid dienone is 1. The molecule has 2 nitrogen and oxygen atoms in total. The van der Waals surface area contributed by atoms with Gasteiger partial charge in [0.15, 0.2) is 0 Å². The highest BCUT2D eigenvalue weighted by Gasteiger charge is 2.03. The first-order chi connectivity index (χ1) is 8.04. The summed E-state index contributed by atoms with van der Waals surface area (Å²) in [5.41, 5.74) is 2.15. The van der Waals surface area contributed by atoms with Crippen LogP contribution in [0.1, 0.15) is 19.4 Å². The van der Waals surface area contributed by atoms with Crippen molar-refractivity contribution in [2.24, 2.45) is 0 Å². The summed E-state index contributed by atoms with van der Waals surface area (Å²) in [5.74, 6) is -0.266. The maximum absolute atomic E-state index is 13.6. The third-order valence-corrected chi connectivity index (χ3v) is 2.73. The normalized spacial score (nSPS) is 12.8. The van der Waals surface area contributed by atoms with Crippen LogP contribution < -0.4 is 5.32 Å². The Morgan fingerprint density at radius 2 is 2.12 bits per heavy atom. The highest BCUT2D eigenvalue weighted by atomic mass is 79.9. The molecule has 1 rings (SSSR count). The van der Waals surface area contributed by atoms with E-state index < -0.39 is 0 Å². The van der Waals surface area contributed by atoms with E-state index in [0.29, 0.717) is 5.56 Å². The molecule has 0 aliphatic carbocycles. The van der Waals surface area contributed by atoms with E-state index in [4.69, 9.17) is 5.11 Å². The Labute approximate surface area is 109 Å². The molecule has 0 aliphatic rings. The number of hydrogen-bond donors (Lipinski definition) is 2. The van der Waals surface area contributed by atoms with E-state index in [9.17, 15) is 4.39 Å². The van der Waals surface area contributed by atoms with Gasteiger partial charge >= 0.3 is 0 Å². The lowest BCUT2D eigenvalue weighted by molar-refractivity contribution is 0.331. The average molecular weight is 300 g/mol. The number of halogens is 2. The molecule has 0 saturated carbocycles. The molecule has 0 heterocycles. The predicted octanol–water partition coefficient (Wildman–Crippen LogP) is 3.43. The van der Waals surface area contributed by atoms with Crippen molar-refractivity contribution in [1.29, 1.82) is 0 Å². The number of benzene rings is 1. The number of aliphatic hydroxyl groups excluding tert-OH is 1. The molecule has 0 fully saturated rings. The first-order valence-electron chi connectivity index (χ1n) is 5.19. The van der Waals surface area contributed by atoms with Crippen LogP contribution in [-0.4, -0.2) is 11.7 Å². The van der Waals surface area contributed by atoms with E-state index >= 15 is 0 Å². The summed E-state index contributed by atoms with van der Waals surface area (Å²) in [6.07, 6.45) is 3.38. The lowest BCUT2D eigenvalue weighted by atomic mass is 10.1. The van der Waals surface area contributed by atoms with E-state index in [1.807, 2.05) is 6.92 Å². The maximum atomic E-state index is 13.6. The third kappa shape index (κ3) is 4.32. The number of rotatable bonds is 4. The zero-order valence-electron chi connectivity index (χ0n) is 9.80. The van der Waals surface area contributed by atoms with Gasteiger partial charge in [0, 0.05) is 22.4 Å². The largest absolute Gasteiger partial charge is 0.392 e. The monoisotopic (exact) mass is 299 g/mol. The van der Waals surface area contributed by atoms with Gasteiger partial charge in [0.2, 0.25) is 0 Å². The first-order valence-corrected chi connectivity index (χ1v) is 5.98. The smallest absolute Gasteiger partial charge is 0.131 e. The molecule has 2 N–H and O–H groups in total. The SMILES string of the molecule is C/C(=C\N/C=C(\C)c1ccc(Br)cc1F)CO. The van der Waals surface area contributed by atoms with Crippen LogP contribution in [0.4, 0.5) is 4.39 Å². The fourth-order valence-corrected chi connectivity index (χ4v) is 1.57. The quantitative estimate of drug-likeness (QED) is 0.893. The van der Waals surface area contributed by atoms with Crippen molar-refractivity contribution in [3.8, 4) is 0 Å². The zero-order chi connectivity index (χ0) is 12.8. The van der Waals surface area contributed by atoms with Crippen molar-refractivity contribution >= 4 is 21.5 Å². The van der Waals surface area contributed by atoms with Gasteiger partial charge in [-0.1, -0.05) is 22.0 Å². The predicted molar refractivity (Wildman–Crippen MR) is 71.7 cm³/mol. The van der Waals surface area contributed by atoms with Crippen LogP contribution in [0.2, 0.25) is 0 Å². The zero-order valence-corrected chi connectivity index (χ0v) is 11.4. The molecule has 0 saturated heterocycles. The number of aliphatic hydroxyl groups is 1. The molecule has 0 aromatic heterocycles. The van der Waals surface area contributed by atoms with Crippen molar-refractivity contribution in [2.45, 2.75) is 13.8 Å². The second kappa shape index (κ2) is 6.57. The molecule has 1 aromatic carbocycles. The molecular formula is C13H15BrFNO. The van der Waals surface area contributed by atoms with E-state index in [1.54, 1.807) is 31.5 Å². The molecule has 0 unspecified atom stereocenters. The summed E-state index contributed by atoms with van der Waals surface area (Å²) in [4.78, 5) is 0. The number of nitrogens with one attached hydrogen (secondary N) is 1. The minimum absolute atomic E-state index is 0.00648. The van der Waals surface area contributed by atoms with Crippen LogP contribution in [0.15, 0.2) is 40.6 Å². The maximum Gasteiger partial charge on any atom is 0.131 e. The highest BCUT2D eigenvalue weighted by molar-refractivity contribution is 9.10. The molecule has 0 aliphatic heterocycles. The molecule has 0 atom stereocenters. The average Bonchev–Trinajstić information content (AvgIpc) is 2.28. The van der Waals surface area contributed by atoms with Gasteiger partial charge < -0.3 is 10.4 Å². The Bertz CT molecular complexity index is 455. The van der Waals surface area contributed by atoms with Crippen molar-refractivity contribution in [3.05, 3.63) is 52.0 Å².